The summed E-state index contributed by atoms with van der Waals surface area (Å²) in [5, 5.41) is 24.3. The van der Waals surface area contributed by atoms with Crippen LogP contribution in [0, 0.1) is 17.0 Å². The highest BCUT2D eigenvalue weighted by molar-refractivity contribution is 5.16. The molecule has 0 spiro atoms. The number of rotatable bonds is 5. The van der Waals surface area contributed by atoms with Crippen molar-refractivity contribution in [3.8, 4) is 0 Å². The van der Waals surface area contributed by atoms with E-state index in [1.807, 2.05) is 0 Å². The van der Waals surface area contributed by atoms with E-state index in [4.69, 9.17) is 0 Å². The number of nitrogens with zero attached hydrogens (tertiary/aromatic N) is 6. The largest absolute Gasteiger partial charge is 0.389 e. The summed E-state index contributed by atoms with van der Waals surface area (Å²) in [6.07, 6.45) is 3.45. The van der Waals surface area contributed by atoms with Gasteiger partial charge in [0.05, 0.1) is 19.2 Å². The Morgan fingerprint density at radius 3 is 2.89 bits per heavy atom. The monoisotopic (exact) mass is 252 g/mol. The molecule has 1 unspecified atom stereocenters. The minimum absolute atomic E-state index is 0.215. The summed E-state index contributed by atoms with van der Waals surface area (Å²) in [7, 11) is 0. The Kier molecular flexibility index (Phi) is 3.33. The first-order valence-electron chi connectivity index (χ1n) is 5.25. The number of nitro groups is 1. The van der Waals surface area contributed by atoms with Crippen LogP contribution in [0.15, 0.2) is 18.9 Å². The van der Waals surface area contributed by atoms with E-state index in [0.29, 0.717) is 5.82 Å². The van der Waals surface area contributed by atoms with Crippen molar-refractivity contribution in [2.24, 2.45) is 0 Å². The van der Waals surface area contributed by atoms with E-state index in [-0.39, 0.29) is 18.9 Å². The first kappa shape index (κ1) is 12.2. The minimum atomic E-state index is -0.723. The Bertz CT molecular complexity index is 535. The highest BCUT2D eigenvalue weighted by Crippen LogP contribution is 2.11. The van der Waals surface area contributed by atoms with E-state index in [0.717, 1.165) is 0 Å². The molecule has 0 aliphatic carbocycles. The molecule has 0 aromatic carbocycles. The third-order valence-electron chi connectivity index (χ3n) is 2.42. The summed E-state index contributed by atoms with van der Waals surface area (Å²) in [5.41, 5.74) is 0. The first-order chi connectivity index (χ1) is 8.56. The molecule has 0 amide bonds. The molecule has 96 valence electrons. The lowest BCUT2D eigenvalue weighted by Gasteiger charge is -2.10. The molecule has 0 aliphatic heterocycles. The van der Waals surface area contributed by atoms with Crippen LogP contribution in [-0.4, -0.2) is 40.4 Å². The number of aromatic nitrogens is 5. The molecular weight excluding hydrogens is 240 g/mol. The van der Waals surface area contributed by atoms with Gasteiger partial charge < -0.3 is 19.8 Å². The van der Waals surface area contributed by atoms with Gasteiger partial charge in [-0.2, -0.15) is 5.10 Å². The zero-order chi connectivity index (χ0) is 13.1. The van der Waals surface area contributed by atoms with Crippen LogP contribution in [0.2, 0.25) is 0 Å². The van der Waals surface area contributed by atoms with Crippen LogP contribution >= 0.6 is 0 Å². The molecule has 0 fully saturated rings. The smallest absolute Gasteiger partial charge is 0.381 e. The van der Waals surface area contributed by atoms with Gasteiger partial charge >= 0.3 is 5.82 Å². The molecule has 9 heteroatoms. The molecule has 18 heavy (non-hydrogen) atoms. The third-order valence-corrected chi connectivity index (χ3v) is 2.42. The van der Waals surface area contributed by atoms with Gasteiger partial charge in [-0.15, -0.1) is 0 Å². The van der Waals surface area contributed by atoms with Crippen LogP contribution in [0.1, 0.15) is 5.82 Å². The Morgan fingerprint density at radius 1 is 1.56 bits per heavy atom. The van der Waals surface area contributed by atoms with Crippen molar-refractivity contribution in [1.29, 1.82) is 0 Å². The fraction of sp³-hybridized carbons (Fsp3) is 0.444. The van der Waals surface area contributed by atoms with Gasteiger partial charge in [-0.05, 0) is 9.91 Å². The van der Waals surface area contributed by atoms with E-state index in [1.54, 1.807) is 11.5 Å². The summed E-state index contributed by atoms with van der Waals surface area (Å²) in [4.78, 5) is 17.5. The molecule has 1 atom stereocenters. The first-order valence-corrected chi connectivity index (χ1v) is 5.25. The molecule has 0 aliphatic rings. The van der Waals surface area contributed by atoms with Gasteiger partial charge in [0, 0.05) is 6.92 Å². The quantitative estimate of drug-likeness (QED) is 0.580. The van der Waals surface area contributed by atoms with Crippen molar-refractivity contribution in [1.82, 2.24) is 24.3 Å². The van der Waals surface area contributed by atoms with Crippen LogP contribution in [0.5, 0.6) is 0 Å². The van der Waals surface area contributed by atoms with Crippen molar-refractivity contribution < 1.29 is 10.0 Å². The predicted octanol–water partition coefficient (Wildman–Crippen LogP) is -0.248. The predicted molar refractivity (Wildman–Crippen MR) is 59.6 cm³/mol. The maximum Gasteiger partial charge on any atom is 0.381 e. The van der Waals surface area contributed by atoms with Gasteiger partial charge in [0.1, 0.15) is 18.9 Å². The van der Waals surface area contributed by atoms with Crippen LogP contribution in [-0.2, 0) is 13.1 Å². The Hall–Kier alpha value is -2.29. The topological polar surface area (TPSA) is 112 Å². The maximum atomic E-state index is 10.6. The van der Waals surface area contributed by atoms with Gasteiger partial charge in [-0.3, -0.25) is 4.68 Å². The minimum Gasteiger partial charge on any atom is -0.389 e. The number of hydrogen-bond acceptors (Lipinski definition) is 6. The average Bonchev–Trinajstić information content (AvgIpc) is 2.89. The van der Waals surface area contributed by atoms with Gasteiger partial charge in [-0.25, -0.2) is 4.98 Å². The van der Waals surface area contributed by atoms with E-state index in [9.17, 15) is 15.2 Å². The lowest BCUT2D eigenvalue weighted by atomic mass is 10.3. The van der Waals surface area contributed by atoms with E-state index in [1.165, 1.54) is 23.5 Å². The zero-order valence-corrected chi connectivity index (χ0v) is 9.67. The summed E-state index contributed by atoms with van der Waals surface area (Å²) >= 11 is 0. The standard InChI is InChI=1S/C9H12N6O3/c1-7-12-9(15(17)18)4-13(7)2-8(16)3-14-6-10-5-11-14/h4-6,8,16H,2-3H2,1H3. The van der Waals surface area contributed by atoms with Crippen molar-refractivity contribution in [3.05, 3.63) is 34.8 Å². The number of aryl methyl sites for hydroxylation is 1. The second kappa shape index (κ2) is 4.92. The molecule has 0 saturated carbocycles. The van der Waals surface area contributed by atoms with E-state index < -0.39 is 11.0 Å². The second-order valence-electron chi connectivity index (χ2n) is 3.83. The van der Waals surface area contributed by atoms with Gasteiger partial charge in [0.25, 0.3) is 0 Å². The molecular formula is C9H12N6O3. The lowest BCUT2D eigenvalue weighted by molar-refractivity contribution is -0.389. The molecule has 2 heterocycles. The average molecular weight is 252 g/mol. The highest BCUT2D eigenvalue weighted by atomic mass is 16.6. The Balaban J connectivity index is 2.02. The summed E-state index contributed by atoms with van der Waals surface area (Å²) in [6.45, 7) is 2.13. The van der Waals surface area contributed by atoms with Gasteiger partial charge in [-0.1, -0.05) is 0 Å². The molecule has 2 aromatic rings. The molecule has 0 bridgehead atoms. The van der Waals surface area contributed by atoms with Gasteiger partial charge in [0.2, 0.25) is 5.82 Å². The lowest BCUT2D eigenvalue weighted by Crippen LogP contribution is -2.22. The normalized spacial score (nSPS) is 12.6. The number of hydrogen-bond donors (Lipinski definition) is 1. The summed E-state index contributed by atoms with van der Waals surface area (Å²) < 4.78 is 3.03. The highest BCUT2D eigenvalue weighted by Gasteiger charge is 2.17. The molecule has 9 nitrogen and oxygen atoms in total. The fourth-order valence-electron chi connectivity index (χ4n) is 1.59. The van der Waals surface area contributed by atoms with E-state index >= 15 is 0 Å². The van der Waals surface area contributed by atoms with Crippen molar-refractivity contribution in [2.75, 3.05) is 0 Å². The zero-order valence-electron chi connectivity index (χ0n) is 9.67. The molecule has 2 aromatic heterocycles. The van der Waals surface area contributed by atoms with Crippen molar-refractivity contribution in [2.45, 2.75) is 26.1 Å². The summed E-state index contributed by atoms with van der Waals surface area (Å²) in [6, 6.07) is 0. The third kappa shape index (κ3) is 2.69. The van der Waals surface area contributed by atoms with Crippen LogP contribution in [0.25, 0.3) is 0 Å². The van der Waals surface area contributed by atoms with Crippen molar-refractivity contribution >= 4 is 5.82 Å². The second-order valence-corrected chi connectivity index (χ2v) is 3.83. The van der Waals surface area contributed by atoms with Crippen LogP contribution in [0.4, 0.5) is 5.82 Å². The molecule has 0 saturated heterocycles. The SMILES string of the molecule is Cc1nc([N+](=O)[O-])cn1CC(O)Cn1cncn1. The molecule has 1 N–H and O–H groups in total. The van der Waals surface area contributed by atoms with E-state index in [2.05, 4.69) is 15.1 Å². The summed E-state index contributed by atoms with van der Waals surface area (Å²) in [5.74, 6) is 0.264. The fourth-order valence-corrected chi connectivity index (χ4v) is 1.59. The maximum absolute atomic E-state index is 10.6. The Morgan fingerprint density at radius 2 is 2.33 bits per heavy atom. The molecule has 2 rings (SSSR count). The number of aliphatic hydroxyl groups is 1. The van der Waals surface area contributed by atoms with Crippen LogP contribution in [0.3, 0.4) is 0 Å². The van der Waals surface area contributed by atoms with Gasteiger partial charge in [0.15, 0.2) is 0 Å². The Labute approximate surface area is 102 Å². The number of imidazole rings is 1. The van der Waals surface area contributed by atoms with Crippen molar-refractivity contribution in [3.63, 3.8) is 0 Å². The van der Waals surface area contributed by atoms with Crippen LogP contribution < -0.4 is 0 Å². The molecule has 0 radical (unpaired) electrons. The number of aliphatic hydroxyl groups excluding tert-OH is 1.